The van der Waals surface area contributed by atoms with Crippen molar-refractivity contribution in [2.45, 2.75) is 58.4 Å². The Bertz CT molecular complexity index is 447. The van der Waals surface area contributed by atoms with Gasteiger partial charge in [0.1, 0.15) is 0 Å². The molecule has 0 aliphatic carbocycles. The van der Waals surface area contributed by atoms with Crippen LogP contribution >= 0.6 is 0 Å². The van der Waals surface area contributed by atoms with Crippen LogP contribution in [0, 0.1) is 5.92 Å². The van der Waals surface area contributed by atoms with Crippen molar-refractivity contribution in [1.82, 2.24) is 15.0 Å². The topological polar surface area (TPSA) is 79.5 Å². The van der Waals surface area contributed by atoms with E-state index < -0.39 is 5.97 Å². The summed E-state index contributed by atoms with van der Waals surface area (Å²) in [4.78, 5) is 17.4. The molecule has 1 unspecified atom stereocenters. The van der Waals surface area contributed by atoms with Gasteiger partial charge in [0, 0.05) is 19.4 Å². The van der Waals surface area contributed by atoms with Gasteiger partial charge in [-0.25, -0.2) is 0 Å². The normalized spacial score (nSPS) is 19.8. The Morgan fingerprint density at radius 1 is 1.52 bits per heavy atom. The van der Waals surface area contributed by atoms with Gasteiger partial charge < -0.3 is 9.63 Å². The second kappa shape index (κ2) is 8.12. The van der Waals surface area contributed by atoms with Crippen molar-refractivity contribution < 1.29 is 14.4 Å². The molecule has 0 spiro atoms. The summed E-state index contributed by atoms with van der Waals surface area (Å²) in [6.07, 6.45) is 6.34. The van der Waals surface area contributed by atoms with E-state index in [1.54, 1.807) is 0 Å². The molecular weight excluding hydrogens is 270 g/mol. The molecule has 6 heteroatoms. The molecule has 21 heavy (non-hydrogen) atoms. The van der Waals surface area contributed by atoms with Gasteiger partial charge >= 0.3 is 5.97 Å². The van der Waals surface area contributed by atoms with E-state index in [4.69, 9.17) is 9.63 Å². The molecular formula is C15H25N3O3. The molecule has 1 atom stereocenters. The molecule has 1 saturated heterocycles. The third-order valence-corrected chi connectivity index (χ3v) is 3.99. The first-order valence-corrected chi connectivity index (χ1v) is 7.93. The first-order chi connectivity index (χ1) is 10.2. The highest BCUT2D eigenvalue weighted by molar-refractivity contribution is 5.66. The fraction of sp³-hybridized carbons (Fsp3) is 0.800. The number of rotatable bonds is 8. The van der Waals surface area contributed by atoms with Crippen LogP contribution in [0.3, 0.4) is 0 Å². The molecule has 0 radical (unpaired) electrons. The molecule has 0 amide bonds. The predicted molar refractivity (Wildman–Crippen MR) is 77.8 cm³/mol. The summed E-state index contributed by atoms with van der Waals surface area (Å²) in [6, 6.07) is 0. The maximum atomic E-state index is 10.7. The van der Waals surface area contributed by atoms with E-state index in [2.05, 4.69) is 22.0 Å². The highest BCUT2D eigenvalue weighted by Crippen LogP contribution is 2.22. The van der Waals surface area contributed by atoms with Crippen LogP contribution in [0.2, 0.25) is 0 Å². The Morgan fingerprint density at radius 3 is 3.14 bits per heavy atom. The largest absolute Gasteiger partial charge is 0.481 e. The second-order valence-electron chi connectivity index (χ2n) is 5.88. The summed E-state index contributed by atoms with van der Waals surface area (Å²) in [7, 11) is 0. The van der Waals surface area contributed by atoms with Gasteiger partial charge in [0.05, 0.1) is 6.54 Å². The van der Waals surface area contributed by atoms with E-state index in [1.807, 2.05) is 0 Å². The summed E-state index contributed by atoms with van der Waals surface area (Å²) in [5.74, 6) is 1.24. The summed E-state index contributed by atoms with van der Waals surface area (Å²) in [6.45, 7) is 4.78. The van der Waals surface area contributed by atoms with E-state index in [0.29, 0.717) is 18.4 Å². The quantitative estimate of drug-likeness (QED) is 0.793. The third-order valence-electron chi connectivity index (χ3n) is 3.99. The molecule has 1 aliphatic heterocycles. The molecule has 1 N–H and O–H groups in total. The average molecular weight is 295 g/mol. The van der Waals surface area contributed by atoms with E-state index in [1.165, 1.54) is 0 Å². The number of carbonyl (C=O) groups is 1. The molecule has 1 aliphatic rings. The lowest BCUT2D eigenvalue weighted by atomic mass is 9.93. The highest BCUT2D eigenvalue weighted by Gasteiger charge is 2.22. The van der Waals surface area contributed by atoms with Crippen LogP contribution < -0.4 is 0 Å². The van der Waals surface area contributed by atoms with Crippen LogP contribution in [-0.2, 0) is 17.8 Å². The average Bonchev–Trinajstić information content (AvgIpc) is 2.91. The monoisotopic (exact) mass is 295 g/mol. The number of nitrogens with zero attached hydrogens (tertiary/aromatic N) is 3. The lowest BCUT2D eigenvalue weighted by molar-refractivity contribution is -0.137. The van der Waals surface area contributed by atoms with Gasteiger partial charge in [-0.05, 0) is 38.1 Å². The van der Waals surface area contributed by atoms with Crippen molar-refractivity contribution in [3.63, 3.8) is 0 Å². The van der Waals surface area contributed by atoms with Gasteiger partial charge in [-0.15, -0.1) is 0 Å². The molecule has 6 nitrogen and oxygen atoms in total. The molecule has 1 fully saturated rings. The molecule has 0 aromatic carbocycles. The summed E-state index contributed by atoms with van der Waals surface area (Å²) in [5.41, 5.74) is 0. The van der Waals surface area contributed by atoms with E-state index in [9.17, 15) is 4.79 Å². The molecule has 0 bridgehead atoms. The minimum atomic E-state index is -0.704. The number of aryl methyl sites for hydroxylation is 1. The summed E-state index contributed by atoms with van der Waals surface area (Å²) < 4.78 is 5.30. The Balaban J connectivity index is 1.79. The van der Waals surface area contributed by atoms with Gasteiger partial charge in [-0.2, -0.15) is 4.98 Å². The number of carboxylic acids is 1. The zero-order valence-corrected chi connectivity index (χ0v) is 12.8. The number of carboxylic acid groups (broad SMARTS) is 1. The van der Waals surface area contributed by atoms with Crippen LogP contribution in [0.5, 0.6) is 0 Å². The standard InChI is InChI=1S/C15H25N3O3/c1-2-3-6-13-16-14(21-17-13)11-18-9-4-5-12(10-18)7-8-15(19)20/h12H,2-11H2,1H3,(H,19,20). The summed E-state index contributed by atoms with van der Waals surface area (Å²) >= 11 is 0. The van der Waals surface area contributed by atoms with Crippen molar-refractivity contribution in [2.75, 3.05) is 13.1 Å². The van der Waals surface area contributed by atoms with Gasteiger partial charge in [0.25, 0.3) is 0 Å². The number of hydrogen-bond acceptors (Lipinski definition) is 5. The third kappa shape index (κ3) is 5.46. The van der Waals surface area contributed by atoms with Crippen LogP contribution in [0.1, 0.15) is 57.2 Å². The number of aromatic nitrogens is 2. The zero-order valence-electron chi connectivity index (χ0n) is 12.8. The molecule has 2 rings (SSSR count). The van der Waals surface area contributed by atoms with Gasteiger partial charge in [0.2, 0.25) is 5.89 Å². The number of hydrogen-bond donors (Lipinski definition) is 1. The van der Waals surface area contributed by atoms with Crippen molar-refractivity contribution in [3.05, 3.63) is 11.7 Å². The maximum absolute atomic E-state index is 10.7. The first kappa shape index (κ1) is 15.9. The van der Waals surface area contributed by atoms with Crippen LogP contribution in [0.25, 0.3) is 0 Å². The molecule has 118 valence electrons. The Kier molecular flexibility index (Phi) is 6.17. The van der Waals surface area contributed by atoms with Gasteiger partial charge in [0.15, 0.2) is 5.82 Å². The van der Waals surface area contributed by atoms with Gasteiger partial charge in [-0.1, -0.05) is 18.5 Å². The Labute approximate surface area is 125 Å². The lowest BCUT2D eigenvalue weighted by Crippen LogP contribution is -2.35. The van der Waals surface area contributed by atoms with Crippen molar-refractivity contribution >= 4 is 5.97 Å². The van der Waals surface area contributed by atoms with Crippen LogP contribution in [-0.4, -0.2) is 39.2 Å². The molecule has 2 heterocycles. The first-order valence-electron chi connectivity index (χ1n) is 7.93. The fourth-order valence-electron chi connectivity index (χ4n) is 2.84. The molecule has 0 saturated carbocycles. The van der Waals surface area contributed by atoms with Gasteiger partial charge in [-0.3, -0.25) is 9.69 Å². The molecule has 1 aromatic heterocycles. The van der Waals surface area contributed by atoms with Crippen molar-refractivity contribution in [1.29, 1.82) is 0 Å². The molecule has 1 aromatic rings. The lowest BCUT2D eigenvalue weighted by Gasteiger charge is -2.31. The zero-order chi connectivity index (χ0) is 15.1. The predicted octanol–water partition coefficient (Wildman–Crippen LogP) is 2.49. The van der Waals surface area contributed by atoms with E-state index >= 15 is 0 Å². The fourth-order valence-corrected chi connectivity index (χ4v) is 2.84. The number of aliphatic carboxylic acids is 1. The highest BCUT2D eigenvalue weighted by atomic mass is 16.5. The minimum absolute atomic E-state index is 0.264. The van der Waals surface area contributed by atoms with E-state index in [-0.39, 0.29) is 6.42 Å². The van der Waals surface area contributed by atoms with E-state index in [0.717, 1.165) is 57.4 Å². The van der Waals surface area contributed by atoms with Crippen molar-refractivity contribution in [2.24, 2.45) is 5.92 Å². The smallest absolute Gasteiger partial charge is 0.303 e. The second-order valence-corrected chi connectivity index (χ2v) is 5.88. The van der Waals surface area contributed by atoms with Crippen molar-refractivity contribution in [3.8, 4) is 0 Å². The number of unbranched alkanes of at least 4 members (excludes halogenated alkanes) is 1. The SMILES string of the molecule is CCCCc1noc(CN2CCCC(CCC(=O)O)C2)n1. The van der Waals surface area contributed by atoms with Crippen LogP contribution in [0.15, 0.2) is 4.52 Å². The number of likely N-dealkylation sites (tertiary alicyclic amines) is 1. The van der Waals surface area contributed by atoms with Crippen LogP contribution in [0.4, 0.5) is 0 Å². The Morgan fingerprint density at radius 2 is 2.38 bits per heavy atom. The maximum Gasteiger partial charge on any atom is 0.303 e. The summed E-state index contributed by atoms with van der Waals surface area (Å²) in [5, 5.41) is 12.8. The number of piperidine rings is 1. The minimum Gasteiger partial charge on any atom is -0.481 e. The Hall–Kier alpha value is -1.43.